The molecule has 0 atom stereocenters. The molecule has 0 fully saturated rings. The van der Waals surface area contributed by atoms with Crippen molar-refractivity contribution in [1.82, 2.24) is 4.98 Å². The van der Waals surface area contributed by atoms with Gasteiger partial charge in [0.05, 0.1) is 4.92 Å². The molecule has 0 saturated heterocycles. The molecule has 7 nitrogen and oxygen atoms in total. The highest BCUT2D eigenvalue weighted by Crippen LogP contribution is 2.31. The van der Waals surface area contributed by atoms with E-state index in [-0.39, 0.29) is 15.8 Å². The number of carboxylic acid groups (broad SMARTS) is 1. The van der Waals surface area contributed by atoms with Gasteiger partial charge in [-0.3, -0.25) is 10.1 Å². The predicted molar refractivity (Wildman–Crippen MR) is 88.6 cm³/mol. The van der Waals surface area contributed by atoms with Crippen LogP contribution < -0.4 is 0 Å². The molecule has 0 aliphatic heterocycles. The molecule has 0 radical (unpaired) electrons. The van der Waals surface area contributed by atoms with E-state index in [0.29, 0.717) is 16.7 Å². The normalized spacial score (nSPS) is 11.6. The van der Waals surface area contributed by atoms with Crippen molar-refractivity contribution in [3.63, 3.8) is 0 Å². The summed E-state index contributed by atoms with van der Waals surface area (Å²) in [5, 5.41) is 20.3. The van der Waals surface area contributed by atoms with E-state index in [4.69, 9.17) is 4.42 Å². The predicted octanol–water partition coefficient (Wildman–Crippen LogP) is 3.95. The lowest BCUT2D eigenvalue weighted by Crippen LogP contribution is -1.97. The average Bonchev–Trinajstić information content (AvgIpc) is 2.96. The SMILES string of the molecule is O=C(O)/C(=C\c1cccc([N+](=O)[O-])c1)Sc1nc2ccccc2o1. The second-order valence-corrected chi connectivity index (χ2v) is 5.71. The number of hydrogen-bond donors (Lipinski definition) is 1. The summed E-state index contributed by atoms with van der Waals surface area (Å²) < 4.78 is 5.49. The first kappa shape index (κ1) is 15.8. The summed E-state index contributed by atoms with van der Waals surface area (Å²) in [6, 6.07) is 12.8. The second-order valence-electron chi connectivity index (χ2n) is 4.72. The maximum atomic E-state index is 11.4. The monoisotopic (exact) mass is 342 g/mol. The largest absolute Gasteiger partial charge is 0.477 e. The Kier molecular flexibility index (Phi) is 4.30. The molecule has 120 valence electrons. The second kappa shape index (κ2) is 6.55. The number of carbonyl (C=O) groups is 1. The Hall–Kier alpha value is -3.13. The number of benzene rings is 2. The fourth-order valence-electron chi connectivity index (χ4n) is 2.00. The molecule has 1 heterocycles. The standard InChI is InChI=1S/C16H10N2O5S/c19-15(20)14(9-10-4-3-5-11(8-10)18(21)22)24-16-17-12-6-1-2-7-13(12)23-16/h1-9H,(H,19,20)/b14-9+. The van der Waals surface area contributed by atoms with E-state index in [9.17, 15) is 20.0 Å². The molecule has 0 spiro atoms. The molecule has 8 heteroatoms. The Morgan fingerprint density at radius 3 is 2.75 bits per heavy atom. The maximum Gasteiger partial charge on any atom is 0.342 e. The van der Waals surface area contributed by atoms with Crippen LogP contribution in [0.2, 0.25) is 0 Å². The molecule has 24 heavy (non-hydrogen) atoms. The van der Waals surface area contributed by atoms with Gasteiger partial charge in [-0.05, 0) is 35.5 Å². The highest BCUT2D eigenvalue weighted by Gasteiger charge is 2.15. The number of para-hydroxylation sites is 2. The van der Waals surface area contributed by atoms with E-state index in [1.54, 1.807) is 30.3 Å². The van der Waals surface area contributed by atoms with E-state index in [2.05, 4.69) is 4.98 Å². The highest BCUT2D eigenvalue weighted by atomic mass is 32.2. The van der Waals surface area contributed by atoms with Gasteiger partial charge in [0.15, 0.2) is 5.58 Å². The zero-order valence-electron chi connectivity index (χ0n) is 12.1. The van der Waals surface area contributed by atoms with Crippen LogP contribution in [0.4, 0.5) is 5.69 Å². The van der Waals surface area contributed by atoms with E-state index in [1.807, 2.05) is 0 Å². The van der Waals surface area contributed by atoms with Crippen LogP contribution in [0.1, 0.15) is 5.56 Å². The summed E-state index contributed by atoms with van der Waals surface area (Å²) in [5.74, 6) is -1.17. The van der Waals surface area contributed by atoms with Crippen LogP contribution in [0.3, 0.4) is 0 Å². The summed E-state index contributed by atoms with van der Waals surface area (Å²) >= 11 is 0.846. The van der Waals surface area contributed by atoms with Crippen molar-refractivity contribution >= 4 is 40.6 Å². The number of aliphatic carboxylic acids is 1. The Labute approximate surface area is 139 Å². The lowest BCUT2D eigenvalue weighted by atomic mass is 10.2. The first-order chi connectivity index (χ1) is 11.5. The fraction of sp³-hybridized carbons (Fsp3) is 0. The lowest BCUT2D eigenvalue weighted by molar-refractivity contribution is -0.384. The van der Waals surface area contributed by atoms with Gasteiger partial charge in [0.1, 0.15) is 10.4 Å². The van der Waals surface area contributed by atoms with Crippen LogP contribution in [-0.4, -0.2) is 21.0 Å². The van der Waals surface area contributed by atoms with Crippen LogP contribution in [0, 0.1) is 10.1 Å². The molecule has 0 aliphatic carbocycles. The van der Waals surface area contributed by atoms with Crippen LogP contribution in [0.15, 0.2) is 63.1 Å². The van der Waals surface area contributed by atoms with Gasteiger partial charge < -0.3 is 9.52 Å². The third-order valence-corrected chi connectivity index (χ3v) is 3.92. The molecular formula is C16H10N2O5S. The molecule has 0 amide bonds. The number of aromatic nitrogens is 1. The number of nitro groups is 1. The highest BCUT2D eigenvalue weighted by molar-refractivity contribution is 8.03. The molecule has 0 saturated carbocycles. The summed E-state index contributed by atoms with van der Waals surface area (Å²) in [7, 11) is 0. The zero-order chi connectivity index (χ0) is 17.1. The first-order valence-electron chi connectivity index (χ1n) is 6.76. The third kappa shape index (κ3) is 3.44. The fourth-order valence-corrected chi connectivity index (χ4v) is 2.75. The molecular weight excluding hydrogens is 332 g/mol. The van der Waals surface area contributed by atoms with E-state index < -0.39 is 10.9 Å². The minimum Gasteiger partial charge on any atom is -0.477 e. The van der Waals surface area contributed by atoms with E-state index in [0.717, 1.165) is 11.8 Å². The molecule has 0 bridgehead atoms. The van der Waals surface area contributed by atoms with Crippen molar-refractivity contribution in [3.05, 3.63) is 69.1 Å². The molecule has 0 aliphatic rings. The lowest BCUT2D eigenvalue weighted by Gasteiger charge is -1.99. The number of nitrogens with zero attached hydrogens (tertiary/aromatic N) is 2. The van der Waals surface area contributed by atoms with Gasteiger partial charge in [-0.25, -0.2) is 9.78 Å². The number of rotatable bonds is 5. The van der Waals surface area contributed by atoms with Crippen LogP contribution in [0.25, 0.3) is 17.2 Å². The number of non-ortho nitro benzene ring substituents is 1. The van der Waals surface area contributed by atoms with Gasteiger partial charge >= 0.3 is 5.97 Å². The minimum absolute atomic E-state index is 0.0537. The molecule has 3 aromatic rings. The van der Waals surface area contributed by atoms with Crippen molar-refractivity contribution in [2.75, 3.05) is 0 Å². The summed E-state index contributed by atoms with van der Waals surface area (Å²) in [6.45, 7) is 0. The van der Waals surface area contributed by atoms with Gasteiger partial charge in [0, 0.05) is 12.1 Å². The number of nitro benzene ring substituents is 1. The molecule has 0 unspecified atom stereocenters. The van der Waals surface area contributed by atoms with Crippen molar-refractivity contribution in [2.24, 2.45) is 0 Å². The Morgan fingerprint density at radius 1 is 1.25 bits per heavy atom. The molecule has 1 aromatic heterocycles. The van der Waals surface area contributed by atoms with Crippen LogP contribution in [-0.2, 0) is 4.79 Å². The maximum absolute atomic E-state index is 11.4. The van der Waals surface area contributed by atoms with Gasteiger partial charge in [-0.15, -0.1) is 0 Å². The van der Waals surface area contributed by atoms with E-state index in [1.165, 1.54) is 24.3 Å². The Bertz CT molecular complexity index is 931. The quantitative estimate of drug-likeness (QED) is 0.324. The van der Waals surface area contributed by atoms with Crippen LogP contribution in [0.5, 0.6) is 0 Å². The molecule has 1 N–H and O–H groups in total. The number of hydrogen-bond acceptors (Lipinski definition) is 6. The van der Waals surface area contributed by atoms with Crippen molar-refractivity contribution in [1.29, 1.82) is 0 Å². The van der Waals surface area contributed by atoms with Crippen LogP contribution >= 0.6 is 11.8 Å². The van der Waals surface area contributed by atoms with Gasteiger partial charge in [0.2, 0.25) is 0 Å². The van der Waals surface area contributed by atoms with Crippen molar-refractivity contribution in [2.45, 2.75) is 5.22 Å². The van der Waals surface area contributed by atoms with Gasteiger partial charge in [-0.1, -0.05) is 24.3 Å². The van der Waals surface area contributed by atoms with Crippen molar-refractivity contribution in [3.8, 4) is 0 Å². The zero-order valence-corrected chi connectivity index (χ0v) is 12.9. The number of oxazole rings is 1. The molecule has 2 aromatic carbocycles. The first-order valence-corrected chi connectivity index (χ1v) is 7.57. The summed E-state index contributed by atoms with van der Waals surface area (Å²) in [5.41, 5.74) is 1.48. The summed E-state index contributed by atoms with van der Waals surface area (Å²) in [4.78, 5) is 25.9. The summed E-state index contributed by atoms with van der Waals surface area (Å²) in [6.07, 6.45) is 1.34. The van der Waals surface area contributed by atoms with Gasteiger partial charge in [0.25, 0.3) is 10.9 Å². The van der Waals surface area contributed by atoms with Crippen molar-refractivity contribution < 1.29 is 19.2 Å². The topological polar surface area (TPSA) is 106 Å². The third-order valence-electron chi connectivity index (χ3n) is 3.06. The Balaban J connectivity index is 1.93. The average molecular weight is 342 g/mol. The number of thioether (sulfide) groups is 1. The number of carboxylic acids is 1. The van der Waals surface area contributed by atoms with E-state index >= 15 is 0 Å². The minimum atomic E-state index is -1.17. The molecule has 3 rings (SSSR count). The van der Waals surface area contributed by atoms with Gasteiger partial charge in [-0.2, -0.15) is 0 Å². The Morgan fingerprint density at radius 2 is 2.04 bits per heavy atom. The smallest absolute Gasteiger partial charge is 0.342 e. The number of fused-ring (bicyclic) bond motifs is 1.